The number of hydrazone groups is 1. The summed E-state index contributed by atoms with van der Waals surface area (Å²) in [6.07, 6.45) is 1.49. The topological polar surface area (TPSA) is 113 Å². The van der Waals surface area contributed by atoms with Gasteiger partial charge in [-0.2, -0.15) is 5.10 Å². The molecule has 0 bridgehead atoms. The van der Waals surface area contributed by atoms with Crippen LogP contribution in [0.3, 0.4) is 0 Å². The van der Waals surface area contributed by atoms with Gasteiger partial charge in [0.2, 0.25) is 0 Å². The van der Waals surface area contributed by atoms with E-state index >= 15 is 0 Å². The number of aromatic nitrogens is 2. The van der Waals surface area contributed by atoms with Gasteiger partial charge in [0, 0.05) is 36.0 Å². The fourth-order valence-corrected chi connectivity index (χ4v) is 4.33. The molecule has 0 saturated carbocycles. The van der Waals surface area contributed by atoms with Gasteiger partial charge in [0.1, 0.15) is 23.4 Å². The van der Waals surface area contributed by atoms with Gasteiger partial charge < -0.3 is 25.2 Å². The van der Waals surface area contributed by atoms with Crippen LogP contribution in [-0.4, -0.2) is 48.1 Å². The minimum Gasteiger partial charge on any atom is -0.507 e. The lowest BCUT2D eigenvalue weighted by molar-refractivity contribution is 0.0223. The third-order valence-electron chi connectivity index (χ3n) is 6.46. The van der Waals surface area contributed by atoms with Gasteiger partial charge >= 0.3 is 0 Å². The predicted molar refractivity (Wildman–Crippen MR) is 157 cm³/mol. The number of morpholine rings is 1. The first kappa shape index (κ1) is 28.3. The Hall–Kier alpha value is -3.69. The Morgan fingerprint density at radius 2 is 1.64 bits per heavy atom. The van der Waals surface area contributed by atoms with Gasteiger partial charge in [-0.15, -0.1) is 0 Å². The van der Waals surface area contributed by atoms with Crippen molar-refractivity contribution in [1.29, 1.82) is 0 Å². The standard InChI is InChI=1S/C30H40N6O3/c1-29(2,3)22-14-19(15-23(27(22)37)30(4,5)6)17-32-36-26-16-25(33-20-8-10-21(38-7)11-9-20)34-28(35-26)24-18-31-12-13-39-24/h8-11,14-17,24,31,37H,12-13,18H2,1-7H3,(H2,33,34,35,36)/b32-17+. The molecular formula is C30H40N6O3. The zero-order valence-electron chi connectivity index (χ0n) is 23.9. The van der Waals surface area contributed by atoms with Crippen LogP contribution in [0.2, 0.25) is 0 Å². The second-order valence-corrected chi connectivity index (χ2v) is 11.7. The first-order valence-electron chi connectivity index (χ1n) is 13.2. The SMILES string of the molecule is COc1ccc(Nc2cc(N/N=C/c3cc(C(C)(C)C)c(O)c(C(C)(C)C)c3)nc(C3CNCCO3)n2)cc1. The molecule has 1 atom stereocenters. The van der Waals surface area contributed by atoms with E-state index in [2.05, 4.69) is 67.7 Å². The Balaban J connectivity index is 1.63. The molecule has 208 valence electrons. The Morgan fingerprint density at radius 3 is 2.21 bits per heavy atom. The predicted octanol–water partition coefficient (Wildman–Crippen LogP) is 5.64. The summed E-state index contributed by atoms with van der Waals surface area (Å²) in [4.78, 5) is 9.39. The van der Waals surface area contributed by atoms with Gasteiger partial charge in [0.25, 0.3) is 0 Å². The van der Waals surface area contributed by atoms with Crippen LogP contribution in [0.15, 0.2) is 47.6 Å². The molecule has 1 aliphatic heterocycles. The van der Waals surface area contributed by atoms with Crippen LogP contribution in [0, 0.1) is 0 Å². The van der Waals surface area contributed by atoms with E-state index in [1.54, 1.807) is 19.4 Å². The summed E-state index contributed by atoms with van der Waals surface area (Å²) in [5, 5.41) is 22.2. The number of hydrogen-bond donors (Lipinski definition) is 4. The maximum atomic E-state index is 11.0. The summed E-state index contributed by atoms with van der Waals surface area (Å²) in [6.45, 7) is 14.6. The number of rotatable bonds is 7. The average molecular weight is 533 g/mol. The molecule has 3 aromatic rings. The molecule has 9 heteroatoms. The summed E-state index contributed by atoms with van der Waals surface area (Å²) in [5.74, 6) is 2.84. The van der Waals surface area contributed by atoms with E-state index in [0.717, 1.165) is 34.7 Å². The summed E-state index contributed by atoms with van der Waals surface area (Å²) in [7, 11) is 1.64. The summed E-state index contributed by atoms with van der Waals surface area (Å²) in [5.41, 5.74) is 6.14. The number of aromatic hydroxyl groups is 1. The highest BCUT2D eigenvalue weighted by atomic mass is 16.5. The van der Waals surface area contributed by atoms with E-state index in [1.165, 1.54) is 0 Å². The van der Waals surface area contributed by atoms with E-state index in [4.69, 9.17) is 14.5 Å². The molecule has 0 spiro atoms. The molecule has 2 heterocycles. The summed E-state index contributed by atoms with van der Waals surface area (Å²) in [6, 6.07) is 13.4. The molecule has 1 fully saturated rings. The molecule has 0 aliphatic carbocycles. The maximum Gasteiger partial charge on any atom is 0.163 e. The lowest BCUT2D eigenvalue weighted by atomic mass is 9.78. The number of benzene rings is 2. The van der Waals surface area contributed by atoms with Crippen LogP contribution in [0.1, 0.15) is 70.2 Å². The van der Waals surface area contributed by atoms with Gasteiger partial charge in [-0.3, -0.25) is 5.43 Å². The smallest absolute Gasteiger partial charge is 0.163 e. The van der Waals surface area contributed by atoms with Crippen molar-refractivity contribution in [2.45, 2.75) is 58.5 Å². The lowest BCUT2D eigenvalue weighted by Gasteiger charge is -2.27. The van der Waals surface area contributed by atoms with Crippen LogP contribution in [0.4, 0.5) is 17.3 Å². The molecular weight excluding hydrogens is 492 g/mol. The molecule has 4 rings (SSSR count). The summed E-state index contributed by atoms with van der Waals surface area (Å²) >= 11 is 0. The fourth-order valence-electron chi connectivity index (χ4n) is 4.33. The zero-order chi connectivity index (χ0) is 28.2. The Bertz CT molecular complexity index is 1270. The molecule has 9 nitrogen and oxygen atoms in total. The van der Waals surface area contributed by atoms with Gasteiger partial charge in [-0.05, 0) is 52.8 Å². The van der Waals surface area contributed by atoms with Crippen molar-refractivity contribution >= 4 is 23.5 Å². The first-order chi connectivity index (χ1) is 18.4. The van der Waals surface area contributed by atoms with Crippen molar-refractivity contribution in [3.8, 4) is 11.5 Å². The number of anilines is 3. The van der Waals surface area contributed by atoms with Crippen molar-refractivity contribution in [1.82, 2.24) is 15.3 Å². The third kappa shape index (κ3) is 7.25. The number of phenolic OH excluding ortho intramolecular Hbond substituents is 1. The van der Waals surface area contributed by atoms with Crippen molar-refractivity contribution in [3.63, 3.8) is 0 Å². The van der Waals surface area contributed by atoms with Gasteiger partial charge in [-0.1, -0.05) is 41.5 Å². The molecule has 0 amide bonds. The number of ether oxygens (including phenoxy) is 2. The van der Waals surface area contributed by atoms with Crippen molar-refractivity contribution in [2.24, 2.45) is 5.10 Å². The van der Waals surface area contributed by atoms with E-state index < -0.39 is 0 Å². The third-order valence-corrected chi connectivity index (χ3v) is 6.46. The minimum atomic E-state index is -0.262. The highest BCUT2D eigenvalue weighted by Gasteiger charge is 2.26. The normalized spacial score (nSPS) is 16.3. The van der Waals surface area contributed by atoms with Gasteiger partial charge in [0.15, 0.2) is 11.6 Å². The molecule has 1 aromatic heterocycles. The summed E-state index contributed by atoms with van der Waals surface area (Å²) < 4.78 is 11.2. The van der Waals surface area contributed by atoms with E-state index in [9.17, 15) is 5.11 Å². The molecule has 1 unspecified atom stereocenters. The van der Waals surface area contributed by atoms with Crippen LogP contribution >= 0.6 is 0 Å². The Labute approximate surface area is 231 Å². The van der Waals surface area contributed by atoms with Crippen LogP contribution in [0.5, 0.6) is 11.5 Å². The first-order valence-corrected chi connectivity index (χ1v) is 13.2. The van der Waals surface area contributed by atoms with Crippen molar-refractivity contribution in [3.05, 3.63) is 65.0 Å². The maximum absolute atomic E-state index is 11.0. The average Bonchev–Trinajstić information content (AvgIpc) is 2.89. The molecule has 0 radical (unpaired) electrons. The number of methoxy groups -OCH3 is 1. The molecule has 1 saturated heterocycles. The molecule has 39 heavy (non-hydrogen) atoms. The number of hydrogen-bond acceptors (Lipinski definition) is 9. The Morgan fingerprint density at radius 1 is 1.00 bits per heavy atom. The number of nitrogens with zero attached hydrogens (tertiary/aromatic N) is 3. The monoisotopic (exact) mass is 532 g/mol. The highest BCUT2D eigenvalue weighted by Crippen LogP contribution is 2.39. The van der Waals surface area contributed by atoms with E-state index in [1.807, 2.05) is 36.4 Å². The largest absolute Gasteiger partial charge is 0.507 e. The second-order valence-electron chi connectivity index (χ2n) is 11.7. The van der Waals surface area contributed by atoms with Crippen LogP contribution in [0.25, 0.3) is 0 Å². The highest BCUT2D eigenvalue weighted by molar-refractivity contribution is 5.82. The number of phenols is 1. The van der Waals surface area contributed by atoms with Crippen molar-refractivity contribution < 1.29 is 14.6 Å². The van der Waals surface area contributed by atoms with Gasteiger partial charge in [0.05, 0.1) is 19.9 Å². The zero-order valence-corrected chi connectivity index (χ0v) is 23.9. The van der Waals surface area contributed by atoms with Crippen LogP contribution < -0.4 is 20.8 Å². The van der Waals surface area contributed by atoms with E-state index in [-0.39, 0.29) is 16.9 Å². The van der Waals surface area contributed by atoms with Crippen LogP contribution in [-0.2, 0) is 15.6 Å². The second kappa shape index (κ2) is 11.6. The fraction of sp³-hybridized carbons (Fsp3) is 0.433. The minimum absolute atomic E-state index is 0.223. The number of nitrogens with one attached hydrogen (secondary N) is 3. The molecule has 4 N–H and O–H groups in total. The molecule has 2 aromatic carbocycles. The lowest BCUT2D eigenvalue weighted by Crippen LogP contribution is -2.34. The van der Waals surface area contributed by atoms with Gasteiger partial charge in [-0.25, -0.2) is 9.97 Å². The van der Waals surface area contributed by atoms with Crippen molar-refractivity contribution in [2.75, 3.05) is 37.5 Å². The Kier molecular flexibility index (Phi) is 8.42. The molecule has 1 aliphatic rings. The quantitative estimate of drug-likeness (QED) is 0.229. The van der Waals surface area contributed by atoms with E-state index in [0.29, 0.717) is 36.4 Å².